The Kier molecular flexibility index (Phi) is 6.73. The molecule has 6 rings (SSSR count). The van der Waals surface area contributed by atoms with E-state index in [4.69, 9.17) is 29.0 Å². The fraction of sp³-hybridized carbons (Fsp3) is 0.250. The van der Waals surface area contributed by atoms with Gasteiger partial charge in [0.15, 0.2) is 22.9 Å². The molecular formula is C28H27BrN6O3. The second-order valence-corrected chi connectivity index (χ2v) is 10.1. The molecule has 0 atom stereocenters. The molecule has 1 aliphatic rings. The summed E-state index contributed by atoms with van der Waals surface area (Å²) >= 11 is 3.61. The number of benzene rings is 2. The molecule has 0 amide bonds. The van der Waals surface area contributed by atoms with Gasteiger partial charge < -0.3 is 19.2 Å². The van der Waals surface area contributed by atoms with Crippen molar-refractivity contribution in [2.75, 3.05) is 26.1 Å². The molecule has 194 valence electrons. The van der Waals surface area contributed by atoms with Gasteiger partial charge in [-0.1, -0.05) is 28.1 Å². The summed E-state index contributed by atoms with van der Waals surface area (Å²) in [4.78, 5) is 12.0. The quantitative estimate of drug-likeness (QED) is 0.266. The van der Waals surface area contributed by atoms with Crippen molar-refractivity contribution in [3.05, 3.63) is 87.7 Å². The monoisotopic (exact) mass is 574 g/mol. The van der Waals surface area contributed by atoms with Crippen LogP contribution in [0.5, 0.6) is 11.5 Å². The second-order valence-electron chi connectivity index (χ2n) is 9.17. The second kappa shape index (κ2) is 10.5. The van der Waals surface area contributed by atoms with E-state index >= 15 is 0 Å². The van der Waals surface area contributed by atoms with Gasteiger partial charge in [-0.3, -0.25) is 4.90 Å². The van der Waals surface area contributed by atoms with Gasteiger partial charge in [-0.2, -0.15) is 4.52 Å². The normalized spacial score (nSPS) is 13.4. The summed E-state index contributed by atoms with van der Waals surface area (Å²) in [7, 11) is 3.26. The van der Waals surface area contributed by atoms with E-state index in [2.05, 4.69) is 44.3 Å². The van der Waals surface area contributed by atoms with Crippen molar-refractivity contribution < 1.29 is 13.9 Å². The Morgan fingerprint density at radius 1 is 1.05 bits per heavy atom. The van der Waals surface area contributed by atoms with E-state index < -0.39 is 0 Å². The molecule has 1 N–H and O–H groups in total. The molecule has 0 saturated heterocycles. The van der Waals surface area contributed by atoms with Crippen LogP contribution < -0.4 is 14.8 Å². The van der Waals surface area contributed by atoms with Crippen molar-refractivity contribution in [2.24, 2.45) is 0 Å². The minimum Gasteiger partial charge on any atom is -0.493 e. The van der Waals surface area contributed by atoms with E-state index in [0.29, 0.717) is 42.1 Å². The first-order chi connectivity index (χ1) is 18.6. The first-order valence-electron chi connectivity index (χ1n) is 12.3. The summed E-state index contributed by atoms with van der Waals surface area (Å²) in [6.07, 6.45) is 4.53. The van der Waals surface area contributed by atoms with Gasteiger partial charge in [0.1, 0.15) is 0 Å². The summed E-state index contributed by atoms with van der Waals surface area (Å²) in [5.74, 6) is 3.09. The van der Waals surface area contributed by atoms with Gasteiger partial charge in [-0.15, -0.1) is 5.10 Å². The van der Waals surface area contributed by atoms with Crippen LogP contribution in [0.1, 0.15) is 22.3 Å². The predicted molar refractivity (Wildman–Crippen MR) is 147 cm³/mol. The first kappa shape index (κ1) is 24.4. The fourth-order valence-corrected chi connectivity index (χ4v) is 5.20. The average Bonchev–Trinajstić information content (AvgIpc) is 3.63. The fourth-order valence-electron chi connectivity index (χ4n) is 4.79. The van der Waals surface area contributed by atoms with Crippen molar-refractivity contribution in [2.45, 2.75) is 26.1 Å². The average molecular weight is 575 g/mol. The smallest absolute Gasteiger partial charge is 0.226 e. The topological polar surface area (TPSA) is 90.0 Å². The Morgan fingerprint density at radius 3 is 2.76 bits per heavy atom. The van der Waals surface area contributed by atoms with Gasteiger partial charge in [0, 0.05) is 42.4 Å². The maximum absolute atomic E-state index is 5.59. The molecule has 3 aromatic heterocycles. The number of anilines is 1. The van der Waals surface area contributed by atoms with Crippen LogP contribution in [0.25, 0.3) is 17.2 Å². The Hall–Kier alpha value is -3.89. The lowest BCUT2D eigenvalue weighted by molar-refractivity contribution is 0.245. The molecule has 2 aromatic carbocycles. The number of rotatable bonds is 8. The van der Waals surface area contributed by atoms with E-state index in [1.807, 2.05) is 36.5 Å². The zero-order valence-electron chi connectivity index (χ0n) is 21.1. The number of ether oxygens (including phenoxy) is 2. The zero-order chi connectivity index (χ0) is 26.1. The third-order valence-electron chi connectivity index (χ3n) is 6.73. The van der Waals surface area contributed by atoms with Gasteiger partial charge in [0.25, 0.3) is 0 Å². The van der Waals surface area contributed by atoms with Crippen LogP contribution in [0.4, 0.5) is 5.95 Å². The highest BCUT2D eigenvalue weighted by molar-refractivity contribution is 9.10. The SMILES string of the molecule is COc1ccc(CNc2ncc(CN3CCc4ccc(Br)cc4C3)c3nc(-c4ccco4)nn23)cc1OC. The molecule has 0 fully saturated rings. The Bertz CT molecular complexity index is 1580. The number of hydrogen-bond acceptors (Lipinski definition) is 8. The largest absolute Gasteiger partial charge is 0.493 e. The van der Waals surface area contributed by atoms with Crippen LogP contribution in [-0.2, 0) is 26.1 Å². The first-order valence-corrected chi connectivity index (χ1v) is 13.1. The number of aromatic nitrogens is 4. The molecule has 1 aliphatic heterocycles. The lowest BCUT2D eigenvalue weighted by atomic mass is 10.00. The predicted octanol–water partition coefficient (Wildman–Crippen LogP) is 5.33. The van der Waals surface area contributed by atoms with Crippen LogP contribution in [0.15, 0.2) is 69.9 Å². The number of methoxy groups -OCH3 is 2. The van der Waals surface area contributed by atoms with Gasteiger partial charge in [-0.25, -0.2) is 9.97 Å². The Labute approximate surface area is 228 Å². The number of nitrogens with one attached hydrogen (secondary N) is 1. The Balaban J connectivity index is 1.29. The van der Waals surface area contributed by atoms with Crippen LogP contribution in [0.2, 0.25) is 0 Å². The van der Waals surface area contributed by atoms with Gasteiger partial charge >= 0.3 is 0 Å². The van der Waals surface area contributed by atoms with E-state index in [0.717, 1.165) is 40.8 Å². The third kappa shape index (κ3) is 4.84. The highest BCUT2D eigenvalue weighted by Crippen LogP contribution is 2.29. The molecule has 0 saturated carbocycles. The number of hydrogen-bond donors (Lipinski definition) is 1. The van der Waals surface area contributed by atoms with Crippen molar-refractivity contribution in [3.63, 3.8) is 0 Å². The van der Waals surface area contributed by atoms with E-state index in [-0.39, 0.29) is 0 Å². The third-order valence-corrected chi connectivity index (χ3v) is 7.22. The standard InChI is InChI=1S/C28H27BrN6O3/c1-36-23-8-5-18(12-25(23)37-2)14-30-28-31-15-21(27-32-26(33-35(27)28)24-4-3-11-38-24)17-34-10-9-19-6-7-22(29)13-20(19)16-34/h3-8,11-13,15H,9-10,14,16-17H2,1-2H3,(H,30,31). The van der Waals surface area contributed by atoms with Gasteiger partial charge in [-0.05, 0) is 59.5 Å². The number of furan rings is 1. The lowest BCUT2D eigenvalue weighted by Gasteiger charge is -2.29. The van der Waals surface area contributed by atoms with Crippen molar-refractivity contribution in [1.82, 2.24) is 24.5 Å². The van der Waals surface area contributed by atoms with Crippen LogP contribution in [-0.4, -0.2) is 45.2 Å². The van der Waals surface area contributed by atoms with E-state index in [1.165, 1.54) is 11.1 Å². The molecule has 38 heavy (non-hydrogen) atoms. The molecule has 0 aliphatic carbocycles. The summed E-state index contributed by atoms with van der Waals surface area (Å²) in [6, 6.07) is 16.1. The Morgan fingerprint density at radius 2 is 1.95 bits per heavy atom. The number of fused-ring (bicyclic) bond motifs is 2. The highest BCUT2D eigenvalue weighted by atomic mass is 79.9. The van der Waals surface area contributed by atoms with Gasteiger partial charge in [0.05, 0.1) is 20.5 Å². The van der Waals surface area contributed by atoms with Crippen LogP contribution in [0, 0.1) is 0 Å². The van der Waals surface area contributed by atoms with E-state index in [9.17, 15) is 0 Å². The van der Waals surface area contributed by atoms with Crippen LogP contribution >= 0.6 is 15.9 Å². The molecule has 0 spiro atoms. The molecule has 4 heterocycles. The molecule has 5 aromatic rings. The zero-order valence-corrected chi connectivity index (χ0v) is 22.7. The molecule has 0 radical (unpaired) electrons. The van der Waals surface area contributed by atoms with Crippen molar-refractivity contribution in [1.29, 1.82) is 0 Å². The van der Waals surface area contributed by atoms with E-state index in [1.54, 1.807) is 25.0 Å². The van der Waals surface area contributed by atoms with Crippen molar-refractivity contribution >= 4 is 27.5 Å². The summed E-state index contributed by atoms with van der Waals surface area (Å²) in [5, 5.41) is 8.15. The molecule has 0 bridgehead atoms. The molecule has 9 nitrogen and oxygen atoms in total. The number of nitrogens with zero attached hydrogens (tertiary/aromatic N) is 5. The molecule has 0 unspecified atom stereocenters. The van der Waals surface area contributed by atoms with Crippen LogP contribution in [0.3, 0.4) is 0 Å². The summed E-state index contributed by atoms with van der Waals surface area (Å²) in [5.41, 5.74) is 5.53. The number of halogens is 1. The summed E-state index contributed by atoms with van der Waals surface area (Å²) < 4.78 is 19.3. The summed E-state index contributed by atoms with van der Waals surface area (Å²) in [6.45, 7) is 3.09. The van der Waals surface area contributed by atoms with Gasteiger partial charge in [0.2, 0.25) is 11.8 Å². The molecular weight excluding hydrogens is 548 g/mol. The lowest BCUT2D eigenvalue weighted by Crippen LogP contribution is -2.30. The maximum atomic E-state index is 5.59. The maximum Gasteiger partial charge on any atom is 0.226 e. The minimum atomic E-state index is 0.520. The minimum absolute atomic E-state index is 0.520. The highest BCUT2D eigenvalue weighted by Gasteiger charge is 2.21. The van der Waals surface area contributed by atoms with Crippen molar-refractivity contribution in [3.8, 4) is 23.1 Å². The molecule has 10 heteroatoms.